The summed E-state index contributed by atoms with van der Waals surface area (Å²) in [6.07, 6.45) is 3.46. The van der Waals surface area contributed by atoms with Crippen molar-refractivity contribution < 1.29 is 9.53 Å². The molecule has 0 atom stereocenters. The van der Waals surface area contributed by atoms with Crippen LogP contribution in [0.4, 0.5) is 0 Å². The van der Waals surface area contributed by atoms with Gasteiger partial charge in [0.2, 0.25) is 5.91 Å². The molecule has 0 aromatic heterocycles. The molecular formula is C18H36IN5O2. The Bertz CT molecular complexity index is 433. The molecular weight excluding hydrogens is 445 g/mol. The summed E-state index contributed by atoms with van der Waals surface area (Å²) >= 11 is 0. The molecule has 1 N–H and O–H groups in total. The minimum atomic E-state index is 0. The zero-order chi connectivity index (χ0) is 18.1. The van der Waals surface area contributed by atoms with Gasteiger partial charge in [0, 0.05) is 46.8 Å². The first-order chi connectivity index (χ1) is 12.1. The van der Waals surface area contributed by atoms with E-state index in [4.69, 9.17) is 4.74 Å². The van der Waals surface area contributed by atoms with Crippen LogP contribution in [0.3, 0.4) is 0 Å². The number of halogens is 1. The van der Waals surface area contributed by atoms with Crippen LogP contribution in [-0.4, -0.2) is 99.7 Å². The first kappa shape index (κ1) is 23.4. The molecule has 7 nitrogen and oxygen atoms in total. The van der Waals surface area contributed by atoms with Crippen molar-refractivity contribution in [2.45, 2.75) is 26.2 Å². The van der Waals surface area contributed by atoms with Crippen LogP contribution in [0.15, 0.2) is 4.99 Å². The van der Waals surface area contributed by atoms with Crippen molar-refractivity contribution >= 4 is 35.8 Å². The van der Waals surface area contributed by atoms with E-state index in [-0.39, 0.29) is 36.4 Å². The van der Waals surface area contributed by atoms with Crippen LogP contribution in [0.25, 0.3) is 0 Å². The predicted octanol–water partition coefficient (Wildman–Crippen LogP) is 1.09. The van der Waals surface area contributed by atoms with Crippen LogP contribution in [0.2, 0.25) is 0 Å². The summed E-state index contributed by atoms with van der Waals surface area (Å²) in [6.45, 7) is 10.3. The number of likely N-dealkylation sites (tertiary alicyclic amines) is 1. The van der Waals surface area contributed by atoms with Gasteiger partial charge in [-0.3, -0.25) is 9.69 Å². The van der Waals surface area contributed by atoms with Crippen LogP contribution >= 0.6 is 24.0 Å². The normalized spacial score (nSPS) is 19.8. The number of carbonyl (C=O) groups excluding carboxylic acids is 1. The van der Waals surface area contributed by atoms with E-state index in [1.807, 2.05) is 0 Å². The second-order valence-corrected chi connectivity index (χ2v) is 7.33. The van der Waals surface area contributed by atoms with Crippen LogP contribution in [-0.2, 0) is 9.53 Å². The van der Waals surface area contributed by atoms with E-state index in [1.165, 1.54) is 12.8 Å². The Balaban J connectivity index is 0.00000338. The van der Waals surface area contributed by atoms with Crippen LogP contribution in [0.1, 0.15) is 26.2 Å². The fourth-order valence-corrected chi connectivity index (χ4v) is 3.10. The molecule has 2 fully saturated rings. The molecule has 0 saturated carbocycles. The number of amides is 1. The number of hydrogen-bond donors (Lipinski definition) is 1. The monoisotopic (exact) mass is 481 g/mol. The Morgan fingerprint density at radius 3 is 2.46 bits per heavy atom. The van der Waals surface area contributed by atoms with Crippen molar-refractivity contribution in [3.05, 3.63) is 0 Å². The number of rotatable bonds is 6. The van der Waals surface area contributed by atoms with Gasteiger partial charge in [0.1, 0.15) is 6.54 Å². The number of aliphatic imine (C=N–C) groups is 1. The van der Waals surface area contributed by atoms with Crippen LogP contribution in [0.5, 0.6) is 0 Å². The van der Waals surface area contributed by atoms with Crippen molar-refractivity contribution in [3.8, 4) is 0 Å². The Hall–Kier alpha value is -0.610. The van der Waals surface area contributed by atoms with Gasteiger partial charge in [-0.2, -0.15) is 0 Å². The first-order valence-corrected chi connectivity index (χ1v) is 9.60. The molecule has 26 heavy (non-hydrogen) atoms. The minimum Gasteiger partial charge on any atom is -0.379 e. The lowest BCUT2D eigenvalue weighted by Gasteiger charge is -2.33. The number of likely N-dealkylation sites (N-methyl/N-ethyl adjacent to an activating group) is 1. The summed E-state index contributed by atoms with van der Waals surface area (Å²) in [4.78, 5) is 22.8. The predicted molar refractivity (Wildman–Crippen MR) is 116 cm³/mol. The fourth-order valence-electron chi connectivity index (χ4n) is 3.10. The molecule has 2 rings (SSSR count). The molecule has 0 bridgehead atoms. The fraction of sp³-hybridized carbons (Fsp3) is 0.889. The van der Waals surface area contributed by atoms with E-state index >= 15 is 0 Å². The summed E-state index contributed by atoms with van der Waals surface area (Å²) in [5, 5.41) is 3.49. The van der Waals surface area contributed by atoms with Gasteiger partial charge in [0.25, 0.3) is 0 Å². The molecule has 2 saturated heterocycles. The maximum absolute atomic E-state index is 11.9. The summed E-state index contributed by atoms with van der Waals surface area (Å²) in [6, 6.07) is 0. The van der Waals surface area contributed by atoms with Gasteiger partial charge in [-0.15, -0.1) is 24.0 Å². The van der Waals surface area contributed by atoms with Crippen molar-refractivity contribution in [2.24, 2.45) is 10.9 Å². The second-order valence-electron chi connectivity index (χ2n) is 7.33. The average Bonchev–Trinajstić information content (AvgIpc) is 2.62. The highest BCUT2D eigenvalue weighted by molar-refractivity contribution is 14.0. The molecule has 0 spiro atoms. The minimum absolute atomic E-state index is 0. The number of piperidine rings is 1. The Morgan fingerprint density at radius 2 is 1.85 bits per heavy atom. The Labute approximate surface area is 175 Å². The van der Waals surface area contributed by atoms with Crippen molar-refractivity contribution in [2.75, 3.05) is 73.1 Å². The highest BCUT2D eigenvalue weighted by Gasteiger charge is 2.19. The lowest BCUT2D eigenvalue weighted by molar-refractivity contribution is -0.127. The Morgan fingerprint density at radius 1 is 1.19 bits per heavy atom. The number of hydrogen-bond acceptors (Lipinski definition) is 4. The second kappa shape index (κ2) is 12.7. The third-order valence-electron chi connectivity index (χ3n) is 4.98. The van der Waals surface area contributed by atoms with Crippen LogP contribution in [0, 0.1) is 5.92 Å². The van der Waals surface area contributed by atoms with E-state index in [0.29, 0.717) is 0 Å². The molecule has 8 heteroatoms. The highest BCUT2D eigenvalue weighted by atomic mass is 127. The molecule has 1 amide bonds. The van der Waals surface area contributed by atoms with Gasteiger partial charge in [-0.05, 0) is 31.7 Å². The lowest BCUT2D eigenvalue weighted by atomic mass is 10.00. The van der Waals surface area contributed by atoms with Crippen LogP contribution < -0.4 is 5.32 Å². The van der Waals surface area contributed by atoms with Gasteiger partial charge in [-0.1, -0.05) is 6.92 Å². The van der Waals surface area contributed by atoms with Crippen molar-refractivity contribution in [1.82, 2.24) is 20.0 Å². The van der Waals surface area contributed by atoms with E-state index in [0.717, 1.165) is 70.8 Å². The molecule has 0 radical (unpaired) electrons. The number of nitrogens with zero attached hydrogens (tertiary/aromatic N) is 4. The number of guanidine groups is 1. The summed E-state index contributed by atoms with van der Waals surface area (Å²) in [5.41, 5.74) is 0. The SMILES string of the molecule is CC1CCN(C(=NCC(=O)N(C)C)NCCCN2CCOCC2)CC1.I. The zero-order valence-corrected chi connectivity index (χ0v) is 18.9. The summed E-state index contributed by atoms with van der Waals surface area (Å²) in [7, 11) is 3.55. The molecule has 2 aliphatic heterocycles. The number of morpholine rings is 1. The van der Waals surface area contributed by atoms with Gasteiger partial charge in [-0.25, -0.2) is 4.99 Å². The maximum atomic E-state index is 11.9. The number of nitrogens with one attached hydrogen (secondary N) is 1. The van der Waals surface area contributed by atoms with E-state index < -0.39 is 0 Å². The molecule has 0 unspecified atom stereocenters. The highest BCUT2D eigenvalue weighted by Crippen LogP contribution is 2.15. The van der Waals surface area contributed by atoms with Gasteiger partial charge in [0.15, 0.2) is 5.96 Å². The molecule has 152 valence electrons. The summed E-state index contributed by atoms with van der Waals surface area (Å²) < 4.78 is 5.39. The molecule has 2 aliphatic rings. The van der Waals surface area contributed by atoms with Gasteiger partial charge >= 0.3 is 0 Å². The lowest BCUT2D eigenvalue weighted by Crippen LogP contribution is -2.46. The molecule has 0 aromatic carbocycles. The average molecular weight is 481 g/mol. The van der Waals surface area contributed by atoms with E-state index in [9.17, 15) is 4.79 Å². The van der Waals surface area contributed by atoms with Crippen molar-refractivity contribution in [1.29, 1.82) is 0 Å². The van der Waals surface area contributed by atoms with Crippen molar-refractivity contribution in [3.63, 3.8) is 0 Å². The summed E-state index contributed by atoms with van der Waals surface area (Å²) in [5.74, 6) is 1.71. The van der Waals surface area contributed by atoms with Gasteiger partial charge < -0.3 is 19.9 Å². The number of ether oxygens (including phenoxy) is 1. The molecule has 0 aliphatic carbocycles. The van der Waals surface area contributed by atoms with E-state index in [2.05, 4.69) is 27.0 Å². The maximum Gasteiger partial charge on any atom is 0.243 e. The molecule has 2 heterocycles. The third-order valence-corrected chi connectivity index (χ3v) is 4.98. The van der Waals surface area contributed by atoms with Gasteiger partial charge in [0.05, 0.1) is 13.2 Å². The Kier molecular flexibility index (Phi) is 11.5. The topological polar surface area (TPSA) is 60.4 Å². The van der Waals surface area contributed by atoms with E-state index in [1.54, 1.807) is 19.0 Å². The number of carbonyl (C=O) groups is 1. The zero-order valence-electron chi connectivity index (χ0n) is 16.6. The largest absolute Gasteiger partial charge is 0.379 e. The smallest absolute Gasteiger partial charge is 0.243 e. The third kappa shape index (κ3) is 8.39. The quantitative estimate of drug-likeness (QED) is 0.267. The molecule has 0 aromatic rings. The first-order valence-electron chi connectivity index (χ1n) is 9.60. The standard InChI is InChI=1S/C18H35N5O2.HI/c1-16-5-9-23(10-6-16)18(20-15-17(24)21(2)3)19-7-4-8-22-11-13-25-14-12-22;/h16H,4-15H2,1-3H3,(H,19,20);1H.